The second kappa shape index (κ2) is 8.99. The van der Waals surface area contributed by atoms with Crippen LogP contribution >= 0.6 is 0 Å². The van der Waals surface area contributed by atoms with Crippen LogP contribution in [0.4, 0.5) is 9.18 Å². The van der Waals surface area contributed by atoms with Crippen LogP contribution in [0, 0.1) is 5.82 Å². The predicted octanol–water partition coefficient (Wildman–Crippen LogP) is 4.50. The van der Waals surface area contributed by atoms with Crippen LogP contribution in [0.3, 0.4) is 0 Å². The second-order valence-corrected chi connectivity index (χ2v) is 9.82. The van der Waals surface area contributed by atoms with E-state index in [1.807, 2.05) is 51.4 Å². The Labute approximate surface area is 183 Å². The fourth-order valence-electron chi connectivity index (χ4n) is 5.05. The number of alkyl carbamates (subject to hydrolysis) is 1. The number of hydrogen-bond acceptors (Lipinski definition) is 4. The summed E-state index contributed by atoms with van der Waals surface area (Å²) in [5, 5.41) is 7.59. The number of carbonyl (C=O) groups is 1. The first-order valence-corrected chi connectivity index (χ1v) is 11.3. The molecule has 1 N–H and O–H groups in total. The molecule has 1 aliphatic carbocycles. The lowest BCUT2D eigenvalue weighted by Gasteiger charge is -2.39. The molecule has 1 saturated carbocycles. The van der Waals surface area contributed by atoms with Gasteiger partial charge in [0.1, 0.15) is 11.4 Å². The highest BCUT2D eigenvalue weighted by Crippen LogP contribution is 2.44. The Balaban J connectivity index is 1.47. The number of nitrogens with zero attached hydrogens (tertiary/aromatic N) is 3. The third-order valence-corrected chi connectivity index (χ3v) is 6.34. The number of amides is 1. The molecule has 1 saturated heterocycles. The minimum atomic E-state index is -0.503. The van der Waals surface area contributed by atoms with Crippen molar-refractivity contribution in [2.24, 2.45) is 0 Å². The summed E-state index contributed by atoms with van der Waals surface area (Å²) in [6, 6.07) is 9.53. The van der Waals surface area contributed by atoms with E-state index in [4.69, 9.17) is 4.74 Å². The highest BCUT2D eigenvalue weighted by Gasteiger charge is 2.41. The maximum Gasteiger partial charge on any atom is 0.407 e. The number of likely N-dealkylation sites (tertiary alicyclic amines) is 1. The Morgan fingerprint density at radius 3 is 2.61 bits per heavy atom. The van der Waals surface area contributed by atoms with Gasteiger partial charge in [0.05, 0.1) is 6.04 Å². The Kier molecular flexibility index (Phi) is 6.32. The largest absolute Gasteiger partial charge is 0.444 e. The zero-order valence-electron chi connectivity index (χ0n) is 18.6. The lowest BCUT2D eigenvalue weighted by Crippen LogP contribution is -2.52. The number of rotatable bonds is 4. The van der Waals surface area contributed by atoms with Crippen molar-refractivity contribution >= 4 is 6.09 Å². The summed E-state index contributed by atoms with van der Waals surface area (Å²) >= 11 is 0. The van der Waals surface area contributed by atoms with Crippen LogP contribution < -0.4 is 5.32 Å². The molecule has 1 aromatic carbocycles. The van der Waals surface area contributed by atoms with E-state index in [-0.39, 0.29) is 24.0 Å². The van der Waals surface area contributed by atoms with Crippen molar-refractivity contribution in [1.82, 2.24) is 20.0 Å². The number of halogens is 1. The van der Waals surface area contributed by atoms with Gasteiger partial charge in [0.25, 0.3) is 0 Å². The quantitative estimate of drug-likeness (QED) is 0.779. The van der Waals surface area contributed by atoms with E-state index in [1.165, 1.54) is 5.56 Å². The topological polar surface area (TPSA) is 59.4 Å². The number of benzene rings is 1. The number of ether oxygens (including phenoxy) is 1. The smallest absolute Gasteiger partial charge is 0.407 e. The van der Waals surface area contributed by atoms with Crippen LogP contribution in [-0.2, 0) is 4.74 Å². The van der Waals surface area contributed by atoms with E-state index in [0.717, 1.165) is 38.8 Å². The van der Waals surface area contributed by atoms with Gasteiger partial charge in [-0.05, 0) is 82.7 Å². The molecule has 1 amide bonds. The van der Waals surface area contributed by atoms with Gasteiger partial charge in [-0.25, -0.2) is 9.18 Å². The first-order valence-electron chi connectivity index (χ1n) is 11.3. The number of nitrogens with one attached hydrogen (secondary N) is 1. The van der Waals surface area contributed by atoms with E-state index < -0.39 is 5.60 Å². The second-order valence-electron chi connectivity index (χ2n) is 9.82. The number of carbonyl (C=O) groups excluding carboxylic acids is 1. The summed E-state index contributed by atoms with van der Waals surface area (Å²) < 4.78 is 20.9. The molecular weight excluding hydrogens is 395 g/mol. The molecule has 31 heavy (non-hydrogen) atoms. The third-order valence-electron chi connectivity index (χ3n) is 6.34. The molecule has 2 fully saturated rings. The minimum Gasteiger partial charge on any atom is -0.444 e. The van der Waals surface area contributed by atoms with E-state index in [1.54, 1.807) is 12.1 Å². The number of hydrogen-bond donors (Lipinski definition) is 1. The number of piperidine rings is 1. The standard InChI is InChI=1S/C24H33FN4O2/c1-24(2,3)31-23(30)27-20-6-4-12-28(16-20)21-14-18(17-7-9-19(25)10-8-17)15-22(21)29-13-5-11-26-29/h5,7-11,13,18,20-22H,4,6,12,14-16H2,1-3H3,(H,27,30)/t18-,20-,21+,22+/m1/s1. The molecule has 0 spiro atoms. The van der Waals surface area contributed by atoms with Gasteiger partial charge >= 0.3 is 6.09 Å². The van der Waals surface area contributed by atoms with Crippen LogP contribution in [0.5, 0.6) is 0 Å². The Hall–Kier alpha value is -2.41. The fraction of sp³-hybridized carbons (Fsp3) is 0.583. The Bertz CT molecular complexity index is 863. The Morgan fingerprint density at radius 2 is 1.94 bits per heavy atom. The summed E-state index contributed by atoms with van der Waals surface area (Å²) in [6.07, 6.45) is 7.46. The van der Waals surface area contributed by atoms with Crippen LogP contribution in [0.25, 0.3) is 0 Å². The van der Waals surface area contributed by atoms with Crippen molar-refractivity contribution in [1.29, 1.82) is 0 Å². The molecule has 4 rings (SSSR count). The van der Waals surface area contributed by atoms with Crippen LogP contribution in [0.15, 0.2) is 42.7 Å². The van der Waals surface area contributed by atoms with E-state index in [2.05, 4.69) is 20.0 Å². The minimum absolute atomic E-state index is 0.0757. The zero-order chi connectivity index (χ0) is 22.0. The first kappa shape index (κ1) is 21.8. The first-order chi connectivity index (χ1) is 14.8. The summed E-state index contributed by atoms with van der Waals surface area (Å²) in [5.41, 5.74) is 0.679. The molecule has 2 heterocycles. The molecule has 0 unspecified atom stereocenters. The molecule has 0 bridgehead atoms. The molecule has 7 heteroatoms. The molecule has 1 aromatic heterocycles. The molecule has 168 valence electrons. The van der Waals surface area contributed by atoms with Gasteiger partial charge in [-0.15, -0.1) is 0 Å². The molecule has 0 radical (unpaired) electrons. The SMILES string of the molecule is CC(C)(C)OC(=O)N[C@@H]1CCCN([C@H]2C[C@@H](c3ccc(F)cc3)C[C@@H]2n2cccn2)C1. The van der Waals surface area contributed by atoms with Gasteiger partial charge in [0.2, 0.25) is 0 Å². The monoisotopic (exact) mass is 428 g/mol. The van der Waals surface area contributed by atoms with Crippen molar-refractivity contribution in [2.45, 2.75) is 76.1 Å². The summed E-state index contributed by atoms with van der Waals surface area (Å²) in [6.45, 7) is 7.44. The summed E-state index contributed by atoms with van der Waals surface area (Å²) in [4.78, 5) is 14.8. The highest BCUT2D eigenvalue weighted by molar-refractivity contribution is 5.68. The van der Waals surface area contributed by atoms with E-state index >= 15 is 0 Å². The Morgan fingerprint density at radius 1 is 1.19 bits per heavy atom. The van der Waals surface area contributed by atoms with Gasteiger partial charge in [0.15, 0.2) is 0 Å². The molecular formula is C24H33FN4O2. The van der Waals surface area contributed by atoms with Crippen molar-refractivity contribution in [3.8, 4) is 0 Å². The van der Waals surface area contributed by atoms with Crippen molar-refractivity contribution in [3.63, 3.8) is 0 Å². The normalized spacial score (nSPS) is 27.2. The van der Waals surface area contributed by atoms with Crippen molar-refractivity contribution < 1.29 is 13.9 Å². The van der Waals surface area contributed by atoms with Gasteiger partial charge < -0.3 is 10.1 Å². The lowest BCUT2D eigenvalue weighted by molar-refractivity contribution is 0.0442. The third kappa shape index (κ3) is 5.45. The summed E-state index contributed by atoms with van der Waals surface area (Å²) in [5.74, 6) is 0.160. The molecule has 6 nitrogen and oxygen atoms in total. The van der Waals surface area contributed by atoms with Crippen molar-refractivity contribution in [2.75, 3.05) is 13.1 Å². The van der Waals surface area contributed by atoms with Gasteiger partial charge in [-0.1, -0.05) is 12.1 Å². The van der Waals surface area contributed by atoms with Gasteiger partial charge in [-0.3, -0.25) is 9.58 Å². The average molecular weight is 429 g/mol. The average Bonchev–Trinajstić information content (AvgIpc) is 3.37. The highest BCUT2D eigenvalue weighted by atomic mass is 19.1. The maximum atomic E-state index is 13.4. The van der Waals surface area contributed by atoms with Crippen molar-refractivity contribution in [3.05, 3.63) is 54.1 Å². The predicted molar refractivity (Wildman–Crippen MR) is 117 cm³/mol. The van der Waals surface area contributed by atoms with E-state index in [0.29, 0.717) is 12.0 Å². The molecule has 1 aliphatic heterocycles. The maximum absolute atomic E-state index is 13.4. The molecule has 4 atom stereocenters. The van der Waals surface area contributed by atoms with Crippen LogP contribution in [0.1, 0.15) is 64.0 Å². The van der Waals surface area contributed by atoms with Gasteiger partial charge in [-0.2, -0.15) is 5.10 Å². The zero-order valence-corrected chi connectivity index (χ0v) is 18.6. The van der Waals surface area contributed by atoms with E-state index in [9.17, 15) is 9.18 Å². The van der Waals surface area contributed by atoms with Crippen LogP contribution in [-0.4, -0.2) is 51.5 Å². The lowest BCUT2D eigenvalue weighted by atomic mass is 9.97. The number of aromatic nitrogens is 2. The molecule has 2 aromatic rings. The van der Waals surface area contributed by atoms with Gasteiger partial charge in [0, 0.05) is 31.0 Å². The fourth-order valence-corrected chi connectivity index (χ4v) is 5.05. The summed E-state index contributed by atoms with van der Waals surface area (Å²) in [7, 11) is 0. The van der Waals surface area contributed by atoms with Crippen LogP contribution in [0.2, 0.25) is 0 Å². The molecule has 2 aliphatic rings.